The molecule has 0 amide bonds. The maximum Gasteiger partial charge on any atom is 0.227 e. The Kier molecular flexibility index (Phi) is 6.61. The predicted octanol–water partition coefficient (Wildman–Crippen LogP) is 1.08. The van der Waals surface area contributed by atoms with E-state index in [1.165, 1.54) is 5.01 Å². The first-order valence-corrected chi connectivity index (χ1v) is 6.44. The van der Waals surface area contributed by atoms with Crippen LogP contribution in [0.4, 0.5) is 5.95 Å². The lowest BCUT2D eigenvalue weighted by molar-refractivity contribution is 0.260. The van der Waals surface area contributed by atoms with Crippen LogP contribution >= 0.6 is 22.6 Å². The van der Waals surface area contributed by atoms with Gasteiger partial charge < -0.3 is 15.4 Å². The topological polar surface area (TPSA) is 87.3 Å². The van der Waals surface area contributed by atoms with Crippen LogP contribution in [0.5, 0.6) is 0 Å². The molecule has 0 aliphatic carbocycles. The van der Waals surface area contributed by atoms with E-state index in [-0.39, 0.29) is 6.61 Å². The molecule has 0 aromatic carbocycles. The van der Waals surface area contributed by atoms with Gasteiger partial charge in [-0.3, -0.25) is 0 Å². The van der Waals surface area contributed by atoms with Gasteiger partial charge >= 0.3 is 0 Å². The van der Waals surface area contributed by atoms with Crippen LogP contribution in [0.1, 0.15) is 6.42 Å². The number of rotatable bonds is 7. The molecule has 0 atom stereocenters. The zero-order valence-corrected chi connectivity index (χ0v) is 12.0. The number of anilines is 1. The van der Waals surface area contributed by atoms with Crippen LogP contribution in [0.3, 0.4) is 0 Å². The molecule has 4 N–H and O–H groups in total. The molecule has 0 saturated carbocycles. The lowest BCUT2D eigenvalue weighted by atomic mass is 10.4. The zero-order chi connectivity index (χ0) is 13.4. The molecule has 98 valence electrons. The number of nitrogens with two attached hydrogens (primary N) is 1. The average molecular weight is 361 g/mol. The molecule has 18 heavy (non-hydrogen) atoms. The molecule has 0 radical (unpaired) electrons. The second-order valence-corrected chi connectivity index (χ2v) is 4.70. The maximum atomic E-state index is 8.71. The van der Waals surface area contributed by atoms with Gasteiger partial charge in [-0.15, -0.1) is 0 Å². The van der Waals surface area contributed by atoms with E-state index in [2.05, 4.69) is 44.5 Å². The fraction of sp³-hybridized carbons (Fsp3) is 0.273. The Labute approximate surface area is 120 Å². The molecule has 0 bridgehead atoms. The molecule has 1 heterocycles. The first-order valence-electron chi connectivity index (χ1n) is 5.36. The number of aliphatic hydroxyl groups is 1. The van der Waals surface area contributed by atoms with Crippen LogP contribution < -0.4 is 11.2 Å². The molecule has 7 heteroatoms. The molecule has 0 spiro atoms. The fourth-order valence-electron chi connectivity index (χ4n) is 1.14. The zero-order valence-electron chi connectivity index (χ0n) is 9.88. The summed E-state index contributed by atoms with van der Waals surface area (Å²) in [6, 6.07) is 0. The summed E-state index contributed by atoms with van der Waals surface area (Å²) in [6.07, 6.45) is 7.34. The highest BCUT2D eigenvalue weighted by Crippen LogP contribution is 2.06. The van der Waals surface area contributed by atoms with Crippen molar-refractivity contribution in [1.29, 1.82) is 0 Å². The second-order valence-electron chi connectivity index (χ2n) is 3.45. The van der Waals surface area contributed by atoms with Crippen LogP contribution in [0.2, 0.25) is 0 Å². The van der Waals surface area contributed by atoms with Crippen molar-refractivity contribution in [3.8, 4) is 0 Å². The van der Waals surface area contributed by atoms with Gasteiger partial charge in [0.1, 0.15) is 0 Å². The quantitative estimate of drug-likeness (QED) is 0.292. The standard InChI is InChI=1S/C11H16IN5O/c1-2-10(8-17(13)4-3-5-18)16-11-14-6-9(12)7-15-11/h2,6-8,18H,1,3-5,13H2,(H,14,15,16)/b10-8+. The van der Waals surface area contributed by atoms with Crippen molar-refractivity contribution in [1.82, 2.24) is 15.0 Å². The number of hydrogen-bond acceptors (Lipinski definition) is 6. The van der Waals surface area contributed by atoms with Gasteiger partial charge in [-0.1, -0.05) is 6.58 Å². The van der Waals surface area contributed by atoms with Gasteiger partial charge in [-0.05, 0) is 35.1 Å². The van der Waals surface area contributed by atoms with E-state index < -0.39 is 0 Å². The minimum atomic E-state index is 0.110. The third-order valence-corrected chi connectivity index (χ3v) is 2.53. The number of halogens is 1. The Morgan fingerprint density at radius 3 is 2.78 bits per heavy atom. The predicted molar refractivity (Wildman–Crippen MR) is 79.2 cm³/mol. The van der Waals surface area contributed by atoms with E-state index in [1.807, 2.05) is 0 Å². The van der Waals surface area contributed by atoms with Gasteiger partial charge in [-0.2, -0.15) is 0 Å². The van der Waals surface area contributed by atoms with E-state index in [0.29, 0.717) is 24.6 Å². The SMILES string of the molecule is C=C/C(=C\N(N)CCCO)Nc1ncc(I)cn1. The Morgan fingerprint density at radius 2 is 2.22 bits per heavy atom. The van der Waals surface area contributed by atoms with Gasteiger partial charge in [0.05, 0.1) is 5.70 Å². The van der Waals surface area contributed by atoms with Crippen molar-refractivity contribution in [3.63, 3.8) is 0 Å². The molecule has 0 aliphatic heterocycles. The van der Waals surface area contributed by atoms with Crippen molar-refractivity contribution in [2.45, 2.75) is 6.42 Å². The minimum Gasteiger partial charge on any atom is -0.396 e. The van der Waals surface area contributed by atoms with Gasteiger partial charge in [0.25, 0.3) is 0 Å². The molecule has 1 rings (SSSR count). The Balaban J connectivity index is 2.63. The van der Waals surface area contributed by atoms with Crippen LogP contribution in [-0.4, -0.2) is 33.2 Å². The number of aliphatic hydroxyl groups excluding tert-OH is 1. The Bertz CT molecular complexity index is 406. The smallest absolute Gasteiger partial charge is 0.227 e. The lowest BCUT2D eigenvalue weighted by Crippen LogP contribution is -2.27. The summed E-state index contributed by atoms with van der Waals surface area (Å²) in [4.78, 5) is 8.24. The molecule has 1 aromatic rings. The molecular weight excluding hydrogens is 345 g/mol. The van der Waals surface area contributed by atoms with E-state index >= 15 is 0 Å². The average Bonchev–Trinajstić information content (AvgIpc) is 2.38. The van der Waals surface area contributed by atoms with Gasteiger partial charge in [-0.25, -0.2) is 15.8 Å². The number of hydrazine groups is 1. The number of hydrogen-bond donors (Lipinski definition) is 3. The summed E-state index contributed by atoms with van der Waals surface area (Å²) >= 11 is 2.14. The molecule has 0 saturated heterocycles. The summed E-state index contributed by atoms with van der Waals surface area (Å²) in [5, 5.41) is 13.2. The summed E-state index contributed by atoms with van der Waals surface area (Å²) in [5.74, 6) is 6.21. The normalized spacial score (nSPS) is 11.2. The molecule has 0 aliphatic rings. The van der Waals surface area contributed by atoms with Gasteiger partial charge in [0, 0.05) is 35.3 Å². The Morgan fingerprint density at radius 1 is 1.56 bits per heavy atom. The Hall–Kier alpha value is -1.19. The monoisotopic (exact) mass is 361 g/mol. The molecular formula is C11H16IN5O. The number of nitrogens with zero attached hydrogens (tertiary/aromatic N) is 3. The van der Waals surface area contributed by atoms with E-state index in [1.54, 1.807) is 24.7 Å². The number of nitrogens with one attached hydrogen (secondary N) is 1. The van der Waals surface area contributed by atoms with E-state index in [0.717, 1.165) is 3.57 Å². The third kappa shape index (κ3) is 5.43. The molecule has 0 unspecified atom stereocenters. The summed E-state index contributed by atoms with van der Waals surface area (Å²) < 4.78 is 0.964. The van der Waals surface area contributed by atoms with Crippen molar-refractivity contribution in [3.05, 3.63) is 40.5 Å². The molecule has 1 aromatic heterocycles. The second kappa shape index (κ2) is 8.01. The number of aromatic nitrogens is 2. The third-order valence-electron chi connectivity index (χ3n) is 1.98. The van der Waals surface area contributed by atoms with E-state index in [4.69, 9.17) is 10.9 Å². The van der Waals surface area contributed by atoms with Gasteiger partial charge in [0.15, 0.2) is 0 Å². The van der Waals surface area contributed by atoms with Gasteiger partial charge in [0.2, 0.25) is 5.95 Å². The highest BCUT2D eigenvalue weighted by molar-refractivity contribution is 14.1. The van der Waals surface area contributed by atoms with Crippen molar-refractivity contribution < 1.29 is 5.11 Å². The minimum absolute atomic E-state index is 0.110. The highest BCUT2D eigenvalue weighted by atomic mass is 127. The maximum absolute atomic E-state index is 8.71. The van der Waals surface area contributed by atoms with E-state index in [9.17, 15) is 0 Å². The van der Waals surface area contributed by atoms with Crippen LogP contribution in [0.15, 0.2) is 36.9 Å². The first-order chi connectivity index (χ1) is 8.65. The molecule has 6 nitrogen and oxygen atoms in total. The van der Waals surface area contributed by atoms with Crippen LogP contribution in [0, 0.1) is 3.57 Å². The van der Waals surface area contributed by atoms with Crippen molar-refractivity contribution in [2.75, 3.05) is 18.5 Å². The summed E-state index contributed by atoms with van der Waals surface area (Å²) in [5.41, 5.74) is 0.691. The van der Waals surface area contributed by atoms with Crippen LogP contribution in [0.25, 0.3) is 0 Å². The van der Waals surface area contributed by atoms with Crippen molar-refractivity contribution >= 4 is 28.5 Å². The summed E-state index contributed by atoms with van der Waals surface area (Å²) in [6.45, 7) is 4.36. The summed E-state index contributed by atoms with van der Waals surface area (Å²) in [7, 11) is 0. The largest absolute Gasteiger partial charge is 0.396 e. The fourth-order valence-corrected chi connectivity index (χ4v) is 1.42. The van der Waals surface area contributed by atoms with Crippen LogP contribution in [-0.2, 0) is 0 Å². The molecule has 0 fully saturated rings. The number of allylic oxidation sites excluding steroid dienone is 1. The van der Waals surface area contributed by atoms with Crippen molar-refractivity contribution in [2.24, 2.45) is 5.84 Å². The first kappa shape index (κ1) is 14.9. The lowest BCUT2D eigenvalue weighted by Gasteiger charge is -2.14. The highest BCUT2D eigenvalue weighted by Gasteiger charge is 1.99.